The van der Waals surface area contributed by atoms with Crippen LogP contribution in [0, 0.1) is 62.3 Å². The van der Waals surface area contributed by atoms with Crippen molar-refractivity contribution in [2.75, 3.05) is 108 Å². The number of β-amino-alcohol motifs (C(OH)–C–C–N with tert-alkyl or cyclic N) is 1. The van der Waals surface area contributed by atoms with E-state index in [4.69, 9.17) is 31.7 Å². The zero-order valence-electron chi connectivity index (χ0n) is 75.9. The van der Waals surface area contributed by atoms with Crippen LogP contribution in [0.25, 0.3) is 90.2 Å². The number of rotatable bonds is 18. The van der Waals surface area contributed by atoms with Crippen LogP contribution in [0.2, 0.25) is 5.02 Å². The van der Waals surface area contributed by atoms with Gasteiger partial charge in [-0.3, -0.25) is 61.6 Å². The molecular formula is C96H113ClN26O7. The lowest BCUT2D eigenvalue weighted by atomic mass is 9.93. The zero-order chi connectivity index (χ0) is 91.0. The van der Waals surface area contributed by atoms with E-state index >= 15 is 0 Å². The monoisotopic (exact) mass is 1780 g/mol. The van der Waals surface area contributed by atoms with E-state index in [9.17, 15) is 29.4 Å². The molecule has 0 spiro atoms. The van der Waals surface area contributed by atoms with Crippen molar-refractivity contribution in [2.45, 2.75) is 164 Å². The fourth-order valence-electron chi connectivity index (χ4n) is 18.9. The lowest BCUT2D eigenvalue weighted by Gasteiger charge is -2.39. The number of aromatic nitrogens is 20. The molecule has 0 aromatic carbocycles. The van der Waals surface area contributed by atoms with E-state index < -0.39 is 0 Å². The molecule has 4 aliphatic rings. The molecule has 0 radical (unpaired) electrons. The van der Waals surface area contributed by atoms with Gasteiger partial charge in [0, 0.05) is 160 Å². The molecule has 0 amide bonds. The number of pyridine rings is 4. The number of aryl methyl sites for hydroxylation is 8. The Kier molecular flexibility index (Phi) is 26.4. The Morgan fingerprint density at radius 3 is 1.52 bits per heavy atom. The van der Waals surface area contributed by atoms with Gasteiger partial charge in [0.05, 0.1) is 140 Å². The smallest absolute Gasteiger partial charge is 0.261 e. The second-order valence-electron chi connectivity index (χ2n) is 35.2. The number of nitrogens with one attached hydrogen (secondary N) is 1. The van der Waals surface area contributed by atoms with E-state index in [0.717, 1.165) is 206 Å². The van der Waals surface area contributed by atoms with Crippen LogP contribution in [-0.4, -0.2) is 242 Å². The number of hydrogen-bond donors (Lipinski definition) is 4. The standard InChI is InChI=1S/C26H33N7O3.C24H29N7O.C23H25ClN6O.C23H26N6O2/c1-17-12-21(30-6-4-20(5-7-30)31(8-10-34)9-11-35)16-32-25(36)14-22(28-26(17)32)23-13-24-19(3)27-18(2)15-33(24)29-23;1-5-25-18-6-8-29(9-7-18)19-10-15(2)24-27-20(12-23(32)30(24)14-19)21-11-22-17(4)26-16(3)13-31(22)28-21;1-14(2)28-6-4-16(5-7-28)20-13-30-21(10-25-20)27-19(9-22(30)31)17-8-18(24)23-26-15(3)11-29(23)12-17;1-15-12-28-13-18(3-4-20(28)25-15)22-16(2)23(31)29-14-19(24-11-21(29)26-22)17-5-7-27(8-6-17)9-10-30/h12-16,20,34-35H,4-11H2,1-3H3;10-14,18,25H,5-9H2,1-4H3;8-14,16H,4-7H2,1-3H3;3-4,11-14,17,30H,5-10H2,1-2H3. The Bertz CT molecular complexity index is 7150. The molecule has 0 bridgehead atoms. The third-order valence-electron chi connectivity index (χ3n) is 25.8. The normalized spacial score (nSPS) is 15.5. The van der Waals surface area contributed by atoms with E-state index in [0.29, 0.717) is 123 Å². The minimum Gasteiger partial charge on any atom is -0.395 e. The van der Waals surface area contributed by atoms with Gasteiger partial charge in [-0.15, -0.1) is 0 Å². The van der Waals surface area contributed by atoms with Gasteiger partial charge in [0.25, 0.3) is 22.2 Å². The maximum Gasteiger partial charge on any atom is 0.261 e. The Morgan fingerprint density at radius 1 is 0.462 bits per heavy atom. The van der Waals surface area contributed by atoms with E-state index in [2.05, 4.69) is 108 Å². The number of imidazole rings is 2. The third-order valence-corrected chi connectivity index (χ3v) is 26.1. The average Bonchev–Trinajstić information content (AvgIpc) is 1.12. The molecule has 4 saturated heterocycles. The van der Waals surface area contributed by atoms with Gasteiger partial charge in [0.15, 0.2) is 16.9 Å². The fourth-order valence-corrected chi connectivity index (χ4v) is 19.2. The number of hydrogen-bond acceptors (Lipinski definition) is 25. The summed E-state index contributed by atoms with van der Waals surface area (Å²) < 4.78 is 13.9. The first-order valence-corrected chi connectivity index (χ1v) is 45.5. The molecular weight excluding hydrogens is 1660 g/mol. The zero-order valence-corrected chi connectivity index (χ0v) is 76.6. The average molecular weight is 1780 g/mol. The number of piperidine rings is 4. The molecule has 130 heavy (non-hydrogen) atoms. The van der Waals surface area contributed by atoms with Crippen molar-refractivity contribution in [1.82, 2.24) is 115 Å². The minimum atomic E-state index is -0.144. The Labute approximate surface area is 756 Å². The summed E-state index contributed by atoms with van der Waals surface area (Å²) in [5, 5.41) is 41.2. The predicted octanol–water partition coefficient (Wildman–Crippen LogP) is 10.6. The number of aliphatic hydroxyl groups excluding tert-OH is 3. The van der Waals surface area contributed by atoms with Gasteiger partial charge in [-0.2, -0.15) is 10.2 Å². The largest absolute Gasteiger partial charge is 0.395 e. The van der Waals surface area contributed by atoms with Gasteiger partial charge in [0.2, 0.25) is 0 Å². The van der Waals surface area contributed by atoms with Gasteiger partial charge in [-0.25, -0.2) is 38.9 Å². The number of fused-ring (bicyclic) bond motifs is 8. The minimum absolute atomic E-state index is 0.0664. The third kappa shape index (κ3) is 19.0. The van der Waals surface area contributed by atoms with Crippen molar-refractivity contribution in [3.63, 3.8) is 0 Å². The van der Waals surface area contributed by atoms with Crippen molar-refractivity contribution >= 4 is 67.9 Å². The highest BCUT2D eigenvalue weighted by Gasteiger charge is 2.30. The summed E-state index contributed by atoms with van der Waals surface area (Å²) >= 11 is 6.41. The Hall–Kier alpha value is -12.5. The number of aliphatic hydroxyl groups is 3. The van der Waals surface area contributed by atoms with Crippen LogP contribution < -0.4 is 37.4 Å². The number of nitrogens with zero attached hydrogens (tertiary/aromatic N) is 25. The molecule has 0 atom stereocenters. The van der Waals surface area contributed by atoms with Gasteiger partial charge >= 0.3 is 0 Å². The molecule has 676 valence electrons. The van der Waals surface area contributed by atoms with Gasteiger partial charge in [-0.1, -0.05) is 18.5 Å². The molecule has 0 unspecified atom stereocenters. The van der Waals surface area contributed by atoms with Crippen molar-refractivity contribution in [1.29, 1.82) is 0 Å². The molecule has 16 aromatic heterocycles. The fraction of sp³-hybridized carbons (Fsp3) is 0.417. The summed E-state index contributed by atoms with van der Waals surface area (Å²) in [5.41, 5.74) is 22.5. The quantitative estimate of drug-likeness (QED) is 0.0620. The SMILES string of the molecule is CCNC1CCN(c2cc(C)c3nc(-c4cc5c(C)nc(C)cn5n4)cc(=O)n3c2)CC1.Cc1cn2cc(-c3cc(=O)n4cc(C5CCN(C(C)C)CC5)ncc4n3)cc(Cl)c2n1.Cc1cn2cc(-c3nc4cnc(C5CCN(CCO)CC5)cn4c(=O)c3C)ccc2n1.Cc1cn2nc(-c3cc(=O)n4cc(N5CCC(N(CCO)CCO)CC5)cc(C)c4n3)cc2c(C)n1. The number of halogens is 1. The highest BCUT2D eigenvalue weighted by Crippen LogP contribution is 2.34. The molecule has 4 fully saturated rings. The lowest BCUT2D eigenvalue weighted by Crippen LogP contribution is -2.47. The molecule has 4 aliphatic heterocycles. The van der Waals surface area contributed by atoms with Crippen LogP contribution in [0.5, 0.6) is 0 Å². The molecule has 16 aromatic rings. The van der Waals surface area contributed by atoms with Gasteiger partial charge in [0.1, 0.15) is 28.3 Å². The Morgan fingerprint density at radius 2 is 0.969 bits per heavy atom. The summed E-state index contributed by atoms with van der Waals surface area (Å²) in [6.45, 7) is 35.0. The molecule has 34 heteroatoms. The van der Waals surface area contributed by atoms with Gasteiger partial charge in [-0.05, 0) is 214 Å². The van der Waals surface area contributed by atoms with Crippen LogP contribution in [0.1, 0.15) is 146 Å². The molecule has 4 N–H and O–H groups in total. The maximum atomic E-state index is 13.2. The lowest BCUT2D eigenvalue weighted by molar-refractivity contribution is 0.108. The van der Waals surface area contributed by atoms with E-state index in [1.165, 1.54) is 0 Å². The van der Waals surface area contributed by atoms with E-state index in [1.54, 1.807) is 58.8 Å². The first kappa shape index (κ1) is 89.5. The van der Waals surface area contributed by atoms with Crippen molar-refractivity contribution in [2.24, 2.45) is 0 Å². The van der Waals surface area contributed by atoms with E-state index in [-0.39, 0.29) is 42.1 Å². The summed E-state index contributed by atoms with van der Waals surface area (Å²) in [7, 11) is 0. The Balaban J connectivity index is 0.000000122. The van der Waals surface area contributed by atoms with Crippen molar-refractivity contribution in [3.05, 3.63) is 244 Å². The van der Waals surface area contributed by atoms with Crippen molar-refractivity contribution in [3.8, 4) is 45.3 Å². The van der Waals surface area contributed by atoms with Crippen LogP contribution in [-0.2, 0) is 0 Å². The highest BCUT2D eigenvalue weighted by atomic mass is 35.5. The van der Waals surface area contributed by atoms with E-state index in [1.807, 2.05) is 162 Å². The second kappa shape index (κ2) is 38.3. The maximum absolute atomic E-state index is 13.2. The second-order valence-corrected chi connectivity index (χ2v) is 35.6. The predicted molar refractivity (Wildman–Crippen MR) is 505 cm³/mol. The van der Waals surface area contributed by atoms with Crippen LogP contribution in [0.4, 0.5) is 11.4 Å². The molecule has 0 aliphatic carbocycles. The number of anilines is 2. The molecule has 33 nitrogen and oxygen atoms in total. The van der Waals surface area contributed by atoms with Crippen LogP contribution in [0.15, 0.2) is 154 Å². The number of likely N-dealkylation sites (tertiary alicyclic amines) is 2. The summed E-state index contributed by atoms with van der Waals surface area (Å²) in [4.78, 5) is 110. The first-order valence-electron chi connectivity index (χ1n) is 45.1. The molecule has 0 saturated carbocycles. The van der Waals surface area contributed by atoms with Gasteiger partial charge < -0.3 is 49.0 Å². The summed E-state index contributed by atoms with van der Waals surface area (Å²) in [5.74, 6) is 0.690. The summed E-state index contributed by atoms with van der Waals surface area (Å²) in [6.07, 6.45) is 30.6. The highest BCUT2D eigenvalue weighted by molar-refractivity contribution is 6.33. The summed E-state index contributed by atoms with van der Waals surface area (Å²) in [6, 6.07) is 19.9. The van der Waals surface area contributed by atoms with Crippen LogP contribution >= 0.6 is 11.6 Å². The first-order chi connectivity index (χ1) is 62.7. The van der Waals surface area contributed by atoms with Crippen LogP contribution in [0.3, 0.4) is 0 Å². The topological polar surface area (TPSA) is 347 Å². The van der Waals surface area contributed by atoms with Crippen molar-refractivity contribution < 1.29 is 15.3 Å². The molecule has 20 rings (SSSR count). The molecule has 20 heterocycles.